The smallest absolute Gasteiger partial charge is 0.253 e. The summed E-state index contributed by atoms with van der Waals surface area (Å²) in [6.07, 6.45) is 5.11. The summed E-state index contributed by atoms with van der Waals surface area (Å²) in [6, 6.07) is 1.10. The predicted octanol–water partition coefficient (Wildman–Crippen LogP) is 1.41. The number of nitrogens with two attached hydrogens (primary N) is 1. The van der Waals surface area contributed by atoms with Gasteiger partial charge in [0.2, 0.25) is 0 Å². The van der Waals surface area contributed by atoms with E-state index in [9.17, 15) is 9.18 Å². The van der Waals surface area contributed by atoms with Gasteiger partial charge in [-0.05, 0) is 18.9 Å². The van der Waals surface area contributed by atoms with Crippen molar-refractivity contribution in [3.05, 3.63) is 29.8 Å². The van der Waals surface area contributed by atoms with Crippen LogP contribution in [0.3, 0.4) is 0 Å². The van der Waals surface area contributed by atoms with E-state index in [1.54, 1.807) is 0 Å². The molecule has 1 heterocycles. The third kappa shape index (κ3) is 2.81. The van der Waals surface area contributed by atoms with Crippen LogP contribution in [0.2, 0.25) is 0 Å². The van der Waals surface area contributed by atoms with Crippen molar-refractivity contribution in [1.82, 2.24) is 10.3 Å². The first-order valence-corrected chi connectivity index (χ1v) is 6.19. The van der Waals surface area contributed by atoms with Crippen LogP contribution in [-0.2, 0) is 0 Å². The number of amides is 1. The van der Waals surface area contributed by atoms with E-state index in [0.29, 0.717) is 4.99 Å². The van der Waals surface area contributed by atoms with Crippen molar-refractivity contribution in [2.24, 2.45) is 11.7 Å². The molecule has 2 unspecified atom stereocenters. The Kier molecular flexibility index (Phi) is 3.86. The molecule has 0 aromatic carbocycles. The number of aromatic nitrogens is 1. The van der Waals surface area contributed by atoms with Crippen LogP contribution in [0.5, 0.6) is 0 Å². The van der Waals surface area contributed by atoms with Crippen molar-refractivity contribution in [2.45, 2.75) is 25.3 Å². The van der Waals surface area contributed by atoms with Gasteiger partial charge in [-0.15, -0.1) is 0 Å². The van der Waals surface area contributed by atoms with E-state index >= 15 is 0 Å². The fourth-order valence-corrected chi connectivity index (χ4v) is 2.54. The lowest BCUT2D eigenvalue weighted by Gasteiger charge is -2.19. The summed E-state index contributed by atoms with van der Waals surface area (Å²) in [6.45, 7) is 0. The average Bonchev–Trinajstić information content (AvgIpc) is 2.77. The highest BCUT2D eigenvalue weighted by Crippen LogP contribution is 2.26. The second-order valence-corrected chi connectivity index (χ2v) is 4.88. The number of carbonyl (C=O) groups is 1. The highest BCUT2D eigenvalue weighted by Gasteiger charge is 2.30. The number of pyridine rings is 1. The Morgan fingerprint density at radius 2 is 2.28 bits per heavy atom. The normalized spacial score (nSPS) is 22.7. The summed E-state index contributed by atoms with van der Waals surface area (Å²) >= 11 is 4.98. The SMILES string of the molecule is NC(=S)C1CCCC1NC(=O)c1cncc(F)c1. The molecule has 2 atom stereocenters. The van der Waals surface area contributed by atoms with Gasteiger partial charge < -0.3 is 11.1 Å². The summed E-state index contributed by atoms with van der Waals surface area (Å²) < 4.78 is 13.0. The van der Waals surface area contributed by atoms with Gasteiger partial charge in [-0.3, -0.25) is 9.78 Å². The van der Waals surface area contributed by atoms with Crippen LogP contribution in [0.1, 0.15) is 29.6 Å². The summed E-state index contributed by atoms with van der Waals surface area (Å²) in [4.78, 5) is 16.0. The Bertz CT molecular complexity index is 480. The molecule has 0 aliphatic heterocycles. The average molecular weight is 267 g/mol. The second kappa shape index (κ2) is 5.39. The standard InChI is InChI=1S/C12H14FN3OS/c13-8-4-7(5-15-6-8)12(17)16-10-3-1-2-9(10)11(14)18/h4-6,9-10H,1-3H2,(H2,14,18)(H,16,17). The third-order valence-corrected chi connectivity index (χ3v) is 3.47. The van der Waals surface area contributed by atoms with E-state index in [-0.39, 0.29) is 23.4 Å². The minimum Gasteiger partial charge on any atom is -0.393 e. The van der Waals surface area contributed by atoms with E-state index in [1.807, 2.05) is 0 Å². The molecule has 96 valence electrons. The van der Waals surface area contributed by atoms with Crippen molar-refractivity contribution in [3.8, 4) is 0 Å². The molecule has 1 amide bonds. The summed E-state index contributed by atoms with van der Waals surface area (Å²) in [5, 5.41) is 2.84. The molecule has 18 heavy (non-hydrogen) atoms. The van der Waals surface area contributed by atoms with Gasteiger partial charge in [0.25, 0.3) is 5.91 Å². The van der Waals surface area contributed by atoms with Gasteiger partial charge in [0.05, 0.1) is 16.7 Å². The van der Waals surface area contributed by atoms with Crippen molar-refractivity contribution in [2.75, 3.05) is 0 Å². The van der Waals surface area contributed by atoms with Crippen LogP contribution >= 0.6 is 12.2 Å². The van der Waals surface area contributed by atoms with Crippen molar-refractivity contribution in [3.63, 3.8) is 0 Å². The van der Waals surface area contributed by atoms with Gasteiger partial charge >= 0.3 is 0 Å². The topological polar surface area (TPSA) is 68.0 Å². The lowest BCUT2D eigenvalue weighted by atomic mass is 10.0. The van der Waals surface area contributed by atoms with Gasteiger partial charge in [-0.2, -0.15) is 0 Å². The van der Waals surface area contributed by atoms with Gasteiger partial charge in [0.1, 0.15) is 5.82 Å². The molecule has 1 aromatic heterocycles. The van der Waals surface area contributed by atoms with E-state index < -0.39 is 5.82 Å². The summed E-state index contributed by atoms with van der Waals surface area (Å²) in [5.41, 5.74) is 5.85. The Balaban J connectivity index is 2.05. The lowest BCUT2D eigenvalue weighted by Crippen LogP contribution is -2.41. The van der Waals surface area contributed by atoms with Crippen molar-refractivity contribution < 1.29 is 9.18 Å². The minimum atomic E-state index is -0.528. The molecule has 0 spiro atoms. The number of nitrogens with zero attached hydrogens (tertiary/aromatic N) is 1. The van der Waals surface area contributed by atoms with Gasteiger partial charge in [-0.25, -0.2) is 4.39 Å². The van der Waals surface area contributed by atoms with Gasteiger partial charge in [-0.1, -0.05) is 18.6 Å². The first-order chi connectivity index (χ1) is 8.58. The second-order valence-electron chi connectivity index (χ2n) is 4.41. The molecule has 0 saturated heterocycles. The van der Waals surface area contributed by atoms with Gasteiger partial charge in [0.15, 0.2) is 0 Å². The molecule has 1 saturated carbocycles. The number of hydrogen-bond donors (Lipinski definition) is 2. The van der Waals surface area contributed by atoms with Crippen LogP contribution in [0.15, 0.2) is 18.5 Å². The van der Waals surface area contributed by atoms with Crippen LogP contribution in [-0.4, -0.2) is 21.9 Å². The molecule has 6 heteroatoms. The molecule has 3 N–H and O–H groups in total. The van der Waals surface area contributed by atoms with E-state index in [0.717, 1.165) is 31.5 Å². The highest BCUT2D eigenvalue weighted by molar-refractivity contribution is 7.80. The Hall–Kier alpha value is -1.56. The van der Waals surface area contributed by atoms with Crippen molar-refractivity contribution in [1.29, 1.82) is 0 Å². The number of carbonyl (C=O) groups excluding carboxylic acids is 1. The van der Waals surface area contributed by atoms with E-state index in [2.05, 4.69) is 10.3 Å². The van der Waals surface area contributed by atoms with Crippen LogP contribution in [0.25, 0.3) is 0 Å². The number of thiocarbonyl (C=S) groups is 1. The van der Waals surface area contributed by atoms with Crippen LogP contribution in [0.4, 0.5) is 4.39 Å². The summed E-state index contributed by atoms with van der Waals surface area (Å²) in [7, 11) is 0. The molecular formula is C12H14FN3OS. The fraction of sp³-hybridized carbons (Fsp3) is 0.417. The molecule has 1 aliphatic carbocycles. The number of nitrogens with one attached hydrogen (secondary N) is 1. The zero-order valence-corrected chi connectivity index (χ0v) is 10.5. The zero-order chi connectivity index (χ0) is 13.1. The molecule has 0 radical (unpaired) electrons. The van der Waals surface area contributed by atoms with Crippen molar-refractivity contribution >= 4 is 23.1 Å². The molecular weight excluding hydrogens is 253 g/mol. The first kappa shape index (κ1) is 12.9. The fourth-order valence-electron chi connectivity index (χ4n) is 2.26. The quantitative estimate of drug-likeness (QED) is 0.812. The molecule has 0 bridgehead atoms. The predicted molar refractivity (Wildman–Crippen MR) is 69.6 cm³/mol. The number of halogens is 1. The molecule has 1 aliphatic rings. The lowest BCUT2D eigenvalue weighted by molar-refractivity contribution is 0.0933. The van der Waals surface area contributed by atoms with Gasteiger partial charge in [0, 0.05) is 18.2 Å². The molecule has 2 rings (SSSR count). The summed E-state index contributed by atoms with van der Waals surface area (Å²) in [5.74, 6) is -0.833. The molecule has 1 fully saturated rings. The Morgan fingerprint density at radius 3 is 2.94 bits per heavy atom. The van der Waals surface area contributed by atoms with Crippen LogP contribution in [0, 0.1) is 11.7 Å². The number of hydrogen-bond acceptors (Lipinski definition) is 3. The maximum atomic E-state index is 13.0. The van der Waals surface area contributed by atoms with E-state index in [1.165, 1.54) is 6.20 Å². The third-order valence-electron chi connectivity index (χ3n) is 3.16. The Labute approximate surface area is 110 Å². The van der Waals surface area contributed by atoms with E-state index in [4.69, 9.17) is 18.0 Å². The maximum Gasteiger partial charge on any atom is 0.253 e. The monoisotopic (exact) mass is 267 g/mol. The van der Waals surface area contributed by atoms with Crippen LogP contribution < -0.4 is 11.1 Å². The molecule has 4 nitrogen and oxygen atoms in total. The minimum absolute atomic E-state index is 0.0328. The zero-order valence-electron chi connectivity index (χ0n) is 9.73. The Morgan fingerprint density at radius 1 is 1.50 bits per heavy atom. The largest absolute Gasteiger partial charge is 0.393 e. The first-order valence-electron chi connectivity index (χ1n) is 5.78. The maximum absolute atomic E-state index is 13.0. The molecule has 1 aromatic rings. The number of rotatable bonds is 3. The highest BCUT2D eigenvalue weighted by atomic mass is 32.1.